The van der Waals surface area contributed by atoms with Crippen LogP contribution in [-0.2, 0) is 21.3 Å². The molecule has 0 spiro atoms. The molecule has 0 aromatic carbocycles. The number of rotatable bonds is 3. The van der Waals surface area contributed by atoms with Gasteiger partial charge in [0.05, 0.1) is 17.1 Å². The molecule has 1 fully saturated rings. The van der Waals surface area contributed by atoms with E-state index in [1.54, 1.807) is 17.5 Å². The van der Waals surface area contributed by atoms with E-state index in [-0.39, 0.29) is 11.4 Å². The van der Waals surface area contributed by atoms with E-state index in [0.29, 0.717) is 5.75 Å². The second-order valence-corrected chi connectivity index (χ2v) is 5.99. The highest BCUT2D eigenvalue weighted by molar-refractivity contribution is 7.85. The molecular formula is C9H13NO2S2. The summed E-state index contributed by atoms with van der Waals surface area (Å²) in [6.07, 6.45) is 2.81. The summed E-state index contributed by atoms with van der Waals surface area (Å²) < 4.78 is 17.3. The van der Waals surface area contributed by atoms with Crippen molar-refractivity contribution in [2.45, 2.75) is 30.5 Å². The Labute approximate surface area is 90.0 Å². The molecule has 0 amide bonds. The largest absolute Gasteiger partial charge is 0.377 e. The van der Waals surface area contributed by atoms with Crippen LogP contribution in [0.1, 0.15) is 18.4 Å². The quantitative estimate of drug-likeness (QED) is 0.792. The minimum atomic E-state index is -0.832. The van der Waals surface area contributed by atoms with Crippen LogP contribution in [0, 0.1) is 0 Å². The van der Waals surface area contributed by atoms with Gasteiger partial charge in [0.25, 0.3) is 0 Å². The Kier molecular flexibility index (Phi) is 3.30. The summed E-state index contributed by atoms with van der Waals surface area (Å²) >= 11 is 1.57. The fraction of sp³-hybridized carbons (Fsp3) is 0.667. The monoisotopic (exact) mass is 231 g/mol. The first kappa shape index (κ1) is 10.3. The molecule has 1 aromatic heterocycles. The predicted octanol–water partition coefficient (Wildman–Crippen LogP) is 1.57. The molecule has 3 atom stereocenters. The maximum Gasteiger partial charge on any atom is 0.105 e. The highest BCUT2D eigenvalue weighted by Gasteiger charge is 2.29. The molecule has 1 aromatic rings. The number of ether oxygens (including phenoxy) is 1. The van der Waals surface area contributed by atoms with E-state index < -0.39 is 10.8 Å². The van der Waals surface area contributed by atoms with Gasteiger partial charge in [-0.15, -0.1) is 11.3 Å². The lowest BCUT2D eigenvalue weighted by molar-refractivity contribution is 0.127. The molecule has 5 heteroatoms. The molecule has 0 radical (unpaired) electrons. The van der Waals surface area contributed by atoms with Gasteiger partial charge in [-0.05, 0) is 13.3 Å². The van der Waals surface area contributed by atoms with E-state index >= 15 is 0 Å². The van der Waals surface area contributed by atoms with Crippen molar-refractivity contribution in [3.05, 3.63) is 16.6 Å². The van der Waals surface area contributed by atoms with Gasteiger partial charge in [-0.25, -0.2) is 4.98 Å². The Balaban J connectivity index is 1.95. The maximum absolute atomic E-state index is 11.9. The summed E-state index contributed by atoms with van der Waals surface area (Å²) in [6.45, 7) is 2.74. The third-order valence-electron chi connectivity index (χ3n) is 2.39. The Morgan fingerprint density at radius 3 is 3.21 bits per heavy atom. The van der Waals surface area contributed by atoms with E-state index in [2.05, 4.69) is 4.98 Å². The van der Waals surface area contributed by atoms with Gasteiger partial charge in [-0.1, -0.05) is 0 Å². The minimum absolute atomic E-state index is 0.135. The van der Waals surface area contributed by atoms with E-state index in [1.807, 2.05) is 12.3 Å². The number of hydrogen-bond acceptors (Lipinski definition) is 4. The molecule has 3 nitrogen and oxygen atoms in total. The highest BCUT2D eigenvalue weighted by Crippen LogP contribution is 2.21. The third kappa shape index (κ3) is 2.21. The number of nitrogens with zero attached hydrogens (tertiary/aromatic N) is 1. The lowest BCUT2D eigenvalue weighted by Gasteiger charge is -2.12. The first-order valence-corrected chi connectivity index (χ1v) is 6.90. The SMILES string of the molecule is C[C@@H]1OCC[C@H]1[S@@](=O)Cc1nccs1. The lowest BCUT2D eigenvalue weighted by atomic mass is 10.3. The summed E-state index contributed by atoms with van der Waals surface area (Å²) in [5.41, 5.74) is 0. The molecule has 1 saturated heterocycles. The van der Waals surface area contributed by atoms with Gasteiger partial charge in [0.1, 0.15) is 5.01 Å². The summed E-state index contributed by atoms with van der Waals surface area (Å²) in [7, 11) is -0.832. The Morgan fingerprint density at radius 2 is 2.64 bits per heavy atom. The molecule has 0 N–H and O–H groups in total. The molecule has 0 aliphatic carbocycles. The topological polar surface area (TPSA) is 39.2 Å². The zero-order valence-corrected chi connectivity index (χ0v) is 9.64. The summed E-state index contributed by atoms with van der Waals surface area (Å²) in [5.74, 6) is 0.579. The number of thiazole rings is 1. The van der Waals surface area contributed by atoms with Gasteiger partial charge in [-0.2, -0.15) is 0 Å². The maximum atomic E-state index is 11.9. The van der Waals surface area contributed by atoms with Crippen LogP contribution in [0.3, 0.4) is 0 Å². The molecule has 0 bridgehead atoms. The first-order chi connectivity index (χ1) is 6.77. The molecule has 14 heavy (non-hydrogen) atoms. The Bertz CT molecular complexity index is 313. The highest BCUT2D eigenvalue weighted by atomic mass is 32.2. The first-order valence-electron chi connectivity index (χ1n) is 4.64. The normalized spacial score (nSPS) is 29.2. The second kappa shape index (κ2) is 4.51. The zero-order valence-electron chi connectivity index (χ0n) is 8.01. The third-order valence-corrected chi connectivity index (χ3v) is 5.21. The van der Waals surface area contributed by atoms with E-state index in [4.69, 9.17) is 4.74 Å². The van der Waals surface area contributed by atoms with Crippen LogP contribution >= 0.6 is 11.3 Å². The van der Waals surface area contributed by atoms with Crippen molar-refractivity contribution in [1.82, 2.24) is 4.98 Å². The van der Waals surface area contributed by atoms with Crippen molar-refractivity contribution in [3.8, 4) is 0 Å². The van der Waals surface area contributed by atoms with Crippen LogP contribution in [-0.4, -0.2) is 27.2 Å². The van der Waals surface area contributed by atoms with Crippen LogP contribution in [0.5, 0.6) is 0 Å². The molecule has 1 aliphatic heterocycles. The van der Waals surface area contributed by atoms with Crippen molar-refractivity contribution in [2.24, 2.45) is 0 Å². The Morgan fingerprint density at radius 1 is 1.79 bits per heavy atom. The molecule has 78 valence electrons. The smallest absolute Gasteiger partial charge is 0.105 e. The van der Waals surface area contributed by atoms with Gasteiger partial charge in [0.15, 0.2) is 0 Å². The molecule has 2 rings (SSSR count). The van der Waals surface area contributed by atoms with Gasteiger partial charge >= 0.3 is 0 Å². The molecular weight excluding hydrogens is 218 g/mol. The van der Waals surface area contributed by atoms with Crippen LogP contribution in [0.4, 0.5) is 0 Å². The fourth-order valence-electron chi connectivity index (χ4n) is 1.61. The summed E-state index contributed by atoms with van der Waals surface area (Å²) in [5, 5.41) is 3.07. The molecule has 0 unspecified atom stereocenters. The minimum Gasteiger partial charge on any atom is -0.377 e. The van der Waals surface area contributed by atoms with Gasteiger partial charge in [-0.3, -0.25) is 4.21 Å². The van der Waals surface area contributed by atoms with Gasteiger partial charge in [0, 0.05) is 29.0 Å². The van der Waals surface area contributed by atoms with Crippen molar-refractivity contribution < 1.29 is 8.95 Å². The van der Waals surface area contributed by atoms with Crippen LogP contribution in [0.2, 0.25) is 0 Å². The van der Waals surface area contributed by atoms with E-state index in [9.17, 15) is 4.21 Å². The van der Waals surface area contributed by atoms with Gasteiger partial charge < -0.3 is 4.74 Å². The number of hydrogen-bond donors (Lipinski definition) is 0. The standard InChI is InChI=1S/C9H13NO2S2/c1-7-8(2-4-12-7)14(11)6-9-10-3-5-13-9/h3,5,7-8H,2,4,6H2,1H3/t7-,8+,14-/m0/s1. The van der Waals surface area contributed by atoms with Crippen LogP contribution < -0.4 is 0 Å². The molecule has 0 saturated carbocycles. The second-order valence-electron chi connectivity index (χ2n) is 3.35. The van der Waals surface area contributed by atoms with E-state index in [0.717, 1.165) is 18.0 Å². The van der Waals surface area contributed by atoms with Crippen molar-refractivity contribution in [2.75, 3.05) is 6.61 Å². The Hall–Kier alpha value is -0.260. The van der Waals surface area contributed by atoms with Gasteiger partial charge in [0.2, 0.25) is 0 Å². The average molecular weight is 231 g/mol. The lowest BCUT2D eigenvalue weighted by Crippen LogP contribution is -2.24. The predicted molar refractivity (Wildman–Crippen MR) is 57.8 cm³/mol. The van der Waals surface area contributed by atoms with E-state index in [1.165, 1.54) is 0 Å². The van der Waals surface area contributed by atoms with Crippen LogP contribution in [0.15, 0.2) is 11.6 Å². The summed E-state index contributed by atoms with van der Waals surface area (Å²) in [4.78, 5) is 4.14. The number of aromatic nitrogens is 1. The molecule has 2 heterocycles. The van der Waals surface area contributed by atoms with Crippen molar-refractivity contribution in [1.29, 1.82) is 0 Å². The average Bonchev–Trinajstić information content (AvgIpc) is 2.75. The fourth-order valence-corrected chi connectivity index (χ4v) is 4.03. The van der Waals surface area contributed by atoms with Crippen molar-refractivity contribution in [3.63, 3.8) is 0 Å². The summed E-state index contributed by atoms with van der Waals surface area (Å²) in [6, 6.07) is 0. The van der Waals surface area contributed by atoms with Crippen molar-refractivity contribution >= 4 is 22.1 Å². The van der Waals surface area contributed by atoms with Crippen LogP contribution in [0.25, 0.3) is 0 Å². The molecule has 1 aliphatic rings. The zero-order chi connectivity index (χ0) is 9.97.